The van der Waals surface area contributed by atoms with Crippen LogP contribution >= 0.6 is 0 Å². The van der Waals surface area contributed by atoms with E-state index in [0.29, 0.717) is 32.5 Å². The van der Waals surface area contributed by atoms with Crippen LogP contribution in [0, 0.1) is 18.3 Å². The lowest BCUT2D eigenvalue weighted by Gasteiger charge is -2.45. The molecule has 1 heterocycles. The van der Waals surface area contributed by atoms with Gasteiger partial charge in [0.2, 0.25) is 0 Å². The van der Waals surface area contributed by atoms with Crippen LogP contribution in [0.15, 0.2) is 54.6 Å². The summed E-state index contributed by atoms with van der Waals surface area (Å²) in [6, 6.07) is 20.6. The molecule has 1 fully saturated rings. The summed E-state index contributed by atoms with van der Waals surface area (Å²) in [4.78, 5) is 12.8. The monoisotopic (exact) mass is 419 g/mol. The van der Waals surface area contributed by atoms with Crippen LogP contribution in [0.25, 0.3) is 0 Å². The summed E-state index contributed by atoms with van der Waals surface area (Å²) in [6.07, 6.45) is 3.29. The van der Waals surface area contributed by atoms with E-state index in [2.05, 4.69) is 51.1 Å². The number of carbonyl (C=O) groups is 1. The molecule has 0 N–H and O–H groups in total. The Kier molecular flexibility index (Phi) is 7.51. The minimum atomic E-state index is -0.279. The first-order valence-corrected chi connectivity index (χ1v) is 11.1. The third-order valence-corrected chi connectivity index (χ3v) is 6.24. The van der Waals surface area contributed by atoms with Crippen molar-refractivity contribution < 1.29 is 14.3 Å². The fourth-order valence-corrected chi connectivity index (χ4v) is 4.68. The van der Waals surface area contributed by atoms with Crippen LogP contribution in [0.3, 0.4) is 0 Å². The molecule has 0 spiro atoms. The maximum absolute atomic E-state index is 12.8. The van der Waals surface area contributed by atoms with Gasteiger partial charge in [-0.25, -0.2) is 0 Å². The first-order valence-electron chi connectivity index (χ1n) is 11.1. The van der Waals surface area contributed by atoms with Crippen molar-refractivity contribution in [1.29, 1.82) is 5.26 Å². The summed E-state index contributed by atoms with van der Waals surface area (Å²) < 4.78 is 11.6. The van der Waals surface area contributed by atoms with Gasteiger partial charge < -0.3 is 9.47 Å². The number of benzene rings is 2. The molecular formula is C27H33NO3. The van der Waals surface area contributed by atoms with Gasteiger partial charge in [-0.2, -0.15) is 5.26 Å². The predicted molar refractivity (Wildman–Crippen MR) is 122 cm³/mol. The highest BCUT2D eigenvalue weighted by molar-refractivity contribution is 5.71. The number of nitrogens with zero attached hydrogens (tertiary/aromatic N) is 1. The van der Waals surface area contributed by atoms with Gasteiger partial charge in [0.1, 0.15) is 0 Å². The zero-order chi connectivity index (χ0) is 22.3. The lowest BCUT2D eigenvalue weighted by Crippen LogP contribution is -2.45. The van der Waals surface area contributed by atoms with Crippen LogP contribution in [0.4, 0.5) is 0 Å². The summed E-state index contributed by atoms with van der Waals surface area (Å²) in [7, 11) is 0. The zero-order valence-corrected chi connectivity index (χ0v) is 18.9. The van der Waals surface area contributed by atoms with Gasteiger partial charge >= 0.3 is 5.97 Å². The number of nitriles is 1. The smallest absolute Gasteiger partial charge is 0.306 e. The second kappa shape index (κ2) is 10.1. The minimum absolute atomic E-state index is 0.171. The van der Waals surface area contributed by atoms with E-state index in [-0.39, 0.29) is 22.9 Å². The normalized spacial score (nSPS) is 21.1. The highest BCUT2D eigenvalue weighted by Crippen LogP contribution is 2.44. The second-order valence-corrected chi connectivity index (χ2v) is 9.31. The van der Waals surface area contributed by atoms with Crippen LogP contribution in [0.2, 0.25) is 0 Å². The number of ether oxygens (including phenoxy) is 2. The standard InChI is InChI=1S/C27H33NO3/c1-21-11-13-24(14-12-21)27(15-17-31-26(2,3)20-27)18-25(29)30-16-7-10-23(19-28)22-8-5-4-6-9-22/h4-6,8-9,11-14,23H,7,10,15-18,20H2,1-3H3/t23-,27+/m1/s1. The number of esters is 1. The van der Waals surface area contributed by atoms with Gasteiger partial charge in [0.25, 0.3) is 0 Å². The van der Waals surface area contributed by atoms with Crippen LogP contribution in [-0.2, 0) is 19.7 Å². The molecule has 0 unspecified atom stereocenters. The average Bonchev–Trinajstić information content (AvgIpc) is 2.74. The zero-order valence-electron chi connectivity index (χ0n) is 18.9. The molecule has 1 saturated heterocycles. The third-order valence-electron chi connectivity index (χ3n) is 6.24. The minimum Gasteiger partial charge on any atom is -0.466 e. The van der Waals surface area contributed by atoms with Crippen molar-refractivity contribution in [2.45, 2.75) is 69.8 Å². The van der Waals surface area contributed by atoms with E-state index in [9.17, 15) is 10.1 Å². The molecule has 3 rings (SSSR count). The Bertz CT molecular complexity index is 898. The van der Waals surface area contributed by atoms with Crippen molar-refractivity contribution in [3.63, 3.8) is 0 Å². The summed E-state index contributed by atoms with van der Waals surface area (Å²) in [6.45, 7) is 7.23. The molecule has 31 heavy (non-hydrogen) atoms. The molecule has 2 atom stereocenters. The Hall–Kier alpha value is -2.64. The Morgan fingerprint density at radius 2 is 1.87 bits per heavy atom. The summed E-state index contributed by atoms with van der Waals surface area (Å²) in [5.74, 6) is -0.346. The van der Waals surface area contributed by atoms with Crippen LogP contribution in [0.1, 0.15) is 68.6 Å². The van der Waals surface area contributed by atoms with Crippen molar-refractivity contribution in [1.82, 2.24) is 0 Å². The van der Waals surface area contributed by atoms with Crippen molar-refractivity contribution in [3.8, 4) is 6.07 Å². The topological polar surface area (TPSA) is 59.3 Å². The molecule has 0 saturated carbocycles. The Morgan fingerprint density at radius 1 is 1.16 bits per heavy atom. The highest BCUT2D eigenvalue weighted by atomic mass is 16.5. The van der Waals surface area contributed by atoms with E-state index in [4.69, 9.17) is 9.47 Å². The molecule has 0 amide bonds. The van der Waals surface area contributed by atoms with E-state index >= 15 is 0 Å². The fourth-order valence-electron chi connectivity index (χ4n) is 4.68. The van der Waals surface area contributed by atoms with Gasteiger partial charge in [-0.15, -0.1) is 0 Å². The van der Waals surface area contributed by atoms with E-state index in [0.717, 1.165) is 18.4 Å². The molecule has 1 aliphatic heterocycles. The Morgan fingerprint density at radius 3 is 2.52 bits per heavy atom. The second-order valence-electron chi connectivity index (χ2n) is 9.31. The molecule has 1 aliphatic rings. The quantitative estimate of drug-likeness (QED) is 0.398. The van der Waals surface area contributed by atoms with E-state index in [1.807, 2.05) is 30.3 Å². The largest absolute Gasteiger partial charge is 0.466 e. The average molecular weight is 420 g/mol. The summed E-state index contributed by atoms with van der Waals surface area (Å²) in [5, 5.41) is 9.46. The maximum atomic E-state index is 12.8. The Labute approximate surface area is 186 Å². The molecule has 0 bridgehead atoms. The summed E-state index contributed by atoms with van der Waals surface area (Å²) in [5.41, 5.74) is 2.85. The molecule has 2 aromatic rings. The van der Waals surface area contributed by atoms with Crippen LogP contribution in [-0.4, -0.2) is 24.8 Å². The SMILES string of the molecule is Cc1ccc([C@]2(CC(=O)OCCC[C@H](C#N)c3ccccc3)CCOC(C)(C)C2)cc1. The number of hydrogen-bond acceptors (Lipinski definition) is 4. The third kappa shape index (κ3) is 6.18. The number of rotatable bonds is 8. The predicted octanol–water partition coefficient (Wildman–Crippen LogP) is 5.84. The molecule has 4 nitrogen and oxygen atoms in total. The lowest BCUT2D eigenvalue weighted by atomic mass is 9.67. The lowest BCUT2D eigenvalue weighted by molar-refractivity contribution is -0.148. The van der Waals surface area contributed by atoms with Crippen LogP contribution in [0.5, 0.6) is 0 Å². The van der Waals surface area contributed by atoms with Crippen molar-refractivity contribution in [2.75, 3.05) is 13.2 Å². The van der Waals surface area contributed by atoms with E-state index < -0.39 is 0 Å². The maximum Gasteiger partial charge on any atom is 0.306 e. The molecule has 2 aromatic carbocycles. The van der Waals surface area contributed by atoms with E-state index in [1.54, 1.807) is 0 Å². The van der Waals surface area contributed by atoms with Gasteiger partial charge in [0.15, 0.2) is 0 Å². The van der Waals surface area contributed by atoms with Crippen LogP contribution < -0.4 is 0 Å². The van der Waals surface area contributed by atoms with Crippen molar-refractivity contribution in [3.05, 3.63) is 71.3 Å². The molecule has 4 heteroatoms. The van der Waals surface area contributed by atoms with Gasteiger partial charge in [-0.05, 0) is 57.6 Å². The first-order chi connectivity index (χ1) is 14.8. The first kappa shape index (κ1) is 23.0. The molecule has 0 aliphatic carbocycles. The number of hydrogen-bond donors (Lipinski definition) is 0. The molecular weight excluding hydrogens is 386 g/mol. The molecule has 0 radical (unpaired) electrons. The number of carbonyl (C=O) groups excluding carboxylic acids is 1. The van der Waals surface area contributed by atoms with Crippen molar-refractivity contribution in [2.24, 2.45) is 0 Å². The Balaban J connectivity index is 1.59. The van der Waals surface area contributed by atoms with Gasteiger partial charge in [0, 0.05) is 12.0 Å². The van der Waals surface area contributed by atoms with E-state index in [1.165, 1.54) is 11.1 Å². The van der Waals surface area contributed by atoms with Gasteiger partial charge in [0.05, 0.1) is 30.6 Å². The number of aryl methyl sites for hydroxylation is 1. The van der Waals surface area contributed by atoms with Gasteiger partial charge in [-0.1, -0.05) is 60.2 Å². The fraction of sp³-hybridized carbons (Fsp3) is 0.481. The highest BCUT2D eigenvalue weighted by Gasteiger charge is 2.43. The van der Waals surface area contributed by atoms with Crippen molar-refractivity contribution >= 4 is 5.97 Å². The summed E-state index contributed by atoms with van der Waals surface area (Å²) >= 11 is 0. The molecule has 0 aromatic heterocycles. The van der Waals surface area contributed by atoms with Gasteiger partial charge in [-0.3, -0.25) is 4.79 Å². The molecule has 164 valence electrons.